The first-order valence-electron chi connectivity index (χ1n) is 10.9. The summed E-state index contributed by atoms with van der Waals surface area (Å²) in [5.74, 6) is 2.13. The van der Waals surface area contributed by atoms with Crippen molar-refractivity contribution in [2.45, 2.75) is 0 Å². The van der Waals surface area contributed by atoms with E-state index in [0.717, 1.165) is 44.5 Å². The van der Waals surface area contributed by atoms with Gasteiger partial charge in [0.05, 0.1) is 47.4 Å². The van der Waals surface area contributed by atoms with Crippen LogP contribution in [0.15, 0.2) is 67.1 Å². The van der Waals surface area contributed by atoms with Gasteiger partial charge >= 0.3 is 0 Å². The van der Waals surface area contributed by atoms with Crippen molar-refractivity contribution in [3.63, 3.8) is 0 Å². The van der Waals surface area contributed by atoms with Crippen LogP contribution in [-0.2, 0) is 0 Å². The molecule has 1 aliphatic rings. The molecular weight excluding hydrogens is 428 g/mol. The van der Waals surface area contributed by atoms with Gasteiger partial charge in [-0.3, -0.25) is 15.1 Å². The number of nitrogens with one attached hydrogen (secondary N) is 3. The Labute approximate surface area is 193 Å². The molecule has 0 saturated carbocycles. The fourth-order valence-electron chi connectivity index (χ4n) is 4.29. The lowest BCUT2D eigenvalue weighted by molar-refractivity contribution is 0.333. The number of aromatic amines is 2. The highest BCUT2D eigenvalue weighted by Gasteiger charge is 2.17. The molecule has 0 unspecified atom stereocenters. The van der Waals surface area contributed by atoms with Gasteiger partial charge in [-0.1, -0.05) is 24.3 Å². The van der Waals surface area contributed by atoms with E-state index in [1.165, 1.54) is 0 Å². The molecular formula is C25H18N8O. The number of ether oxygens (including phenoxy) is 1. The average Bonchev–Trinajstić information content (AvgIpc) is 3.50. The van der Waals surface area contributed by atoms with Gasteiger partial charge in [0.25, 0.3) is 0 Å². The number of aromatic nitrogens is 7. The van der Waals surface area contributed by atoms with Crippen molar-refractivity contribution in [2.75, 3.05) is 18.5 Å². The molecule has 6 aromatic rings. The molecule has 164 valence electrons. The lowest BCUT2D eigenvalue weighted by Gasteiger charge is -2.10. The molecule has 5 heterocycles. The SMILES string of the molecule is c1cc2cc(c1)-c1cccc3[nH]c(nc13)-c1n[nH]c3cnc(cc13)-c1cncc(n1)NCCO2. The van der Waals surface area contributed by atoms with Crippen molar-refractivity contribution in [3.05, 3.63) is 67.1 Å². The molecule has 2 aromatic carbocycles. The van der Waals surface area contributed by atoms with E-state index < -0.39 is 0 Å². The maximum Gasteiger partial charge on any atom is 0.159 e. The average molecular weight is 446 g/mol. The van der Waals surface area contributed by atoms with Crippen molar-refractivity contribution < 1.29 is 4.74 Å². The number of nitrogens with zero attached hydrogens (tertiary/aromatic N) is 5. The van der Waals surface area contributed by atoms with E-state index in [0.29, 0.717) is 36.2 Å². The Morgan fingerprint density at radius 2 is 1.85 bits per heavy atom. The van der Waals surface area contributed by atoms with Crippen LogP contribution in [0.2, 0.25) is 0 Å². The quantitative estimate of drug-likeness (QED) is 0.316. The van der Waals surface area contributed by atoms with Gasteiger partial charge in [-0.05, 0) is 29.8 Å². The zero-order valence-corrected chi connectivity index (χ0v) is 17.9. The molecule has 0 amide bonds. The Kier molecular flexibility index (Phi) is 4.07. The van der Waals surface area contributed by atoms with Crippen molar-refractivity contribution in [1.82, 2.24) is 35.1 Å². The molecule has 4 aromatic heterocycles. The summed E-state index contributed by atoms with van der Waals surface area (Å²) in [5.41, 5.74) is 6.79. The maximum atomic E-state index is 5.99. The van der Waals surface area contributed by atoms with Gasteiger partial charge in [-0.15, -0.1) is 0 Å². The number of benzene rings is 2. The number of anilines is 1. The van der Waals surface area contributed by atoms with Crippen molar-refractivity contribution in [1.29, 1.82) is 0 Å². The van der Waals surface area contributed by atoms with Crippen LogP contribution in [0.4, 0.5) is 5.82 Å². The van der Waals surface area contributed by atoms with Gasteiger partial charge in [0, 0.05) is 10.9 Å². The topological polar surface area (TPSA) is 117 Å². The van der Waals surface area contributed by atoms with E-state index in [4.69, 9.17) is 9.72 Å². The zero-order chi connectivity index (χ0) is 22.5. The van der Waals surface area contributed by atoms with Crippen LogP contribution in [0.25, 0.3) is 56.0 Å². The van der Waals surface area contributed by atoms with Gasteiger partial charge in [0.1, 0.15) is 29.6 Å². The Hall–Kier alpha value is -4.79. The molecule has 0 spiro atoms. The first-order valence-corrected chi connectivity index (χ1v) is 10.9. The highest BCUT2D eigenvalue weighted by molar-refractivity contribution is 5.97. The molecule has 1 aliphatic heterocycles. The third-order valence-corrected chi connectivity index (χ3v) is 5.90. The molecule has 0 atom stereocenters. The predicted octanol–water partition coefficient (Wildman–Crippen LogP) is 4.43. The number of imidazole rings is 1. The first-order chi connectivity index (χ1) is 16.8. The van der Waals surface area contributed by atoms with E-state index >= 15 is 0 Å². The number of para-hydroxylation sites is 1. The van der Waals surface area contributed by atoms with Crippen LogP contribution >= 0.6 is 0 Å². The highest BCUT2D eigenvalue weighted by Crippen LogP contribution is 2.33. The molecule has 34 heavy (non-hydrogen) atoms. The van der Waals surface area contributed by atoms with E-state index in [1.54, 1.807) is 18.6 Å². The number of hydrogen-bond donors (Lipinski definition) is 3. The molecule has 8 bridgehead atoms. The molecule has 0 fully saturated rings. The number of pyridine rings is 1. The van der Waals surface area contributed by atoms with Crippen LogP contribution in [0.1, 0.15) is 0 Å². The van der Waals surface area contributed by atoms with Crippen LogP contribution in [0.5, 0.6) is 5.75 Å². The molecule has 9 heteroatoms. The first kappa shape index (κ1) is 18.8. The molecule has 0 aliphatic carbocycles. The number of H-pyrrole nitrogens is 2. The van der Waals surface area contributed by atoms with Gasteiger partial charge in [-0.25, -0.2) is 9.97 Å². The fraction of sp³-hybridized carbons (Fsp3) is 0.0800. The second kappa shape index (κ2) is 7.38. The number of hydrogen-bond acceptors (Lipinski definition) is 7. The maximum absolute atomic E-state index is 5.99. The number of rotatable bonds is 0. The van der Waals surface area contributed by atoms with Gasteiger partial charge in [0.2, 0.25) is 0 Å². The fourth-order valence-corrected chi connectivity index (χ4v) is 4.29. The van der Waals surface area contributed by atoms with Crippen LogP contribution in [-0.4, -0.2) is 48.3 Å². The summed E-state index contributed by atoms with van der Waals surface area (Å²) >= 11 is 0. The van der Waals surface area contributed by atoms with Crippen molar-refractivity contribution in [2.24, 2.45) is 0 Å². The Morgan fingerprint density at radius 3 is 2.85 bits per heavy atom. The second-order valence-corrected chi connectivity index (χ2v) is 8.07. The van der Waals surface area contributed by atoms with Crippen LogP contribution < -0.4 is 10.1 Å². The van der Waals surface area contributed by atoms with E-state index in [-0.39, 0.29) is 0 Å². The minimum atomic E-state index is 0.481. The molecule has 9 nitrogen and oxygen atoms in total. The minimum absolute atomic E-state index is 0.481. The summed E-state index contributed by atoms with van der Waals surface area (Å²) < 4.78 is 5.99. The monoisotopic (exact) mass is 446 g/mol. The van der Waals surface area contributed by atoms with Crippen LogP contribution in [0.3, 0.4) is 0 Å². The molecule has 0 radical (unpaired) electrons. The predicted molar refractivity (Wildman–Crippen MR) is 129 cm³/mol. The molecule has 3 N–H and O–H groups in total. The smallest absolute Gasteiger partial charge is 0.159 e. The summed E-state index contributed by atoms with van der Waals surface area (Å²) in [6.45, 7) is 1.06. The summed E-state index contributed by atoms with van der Waals surface area (Å²) in [4.78, 5) is 22.0. The highest BCUT2D eigenvalue weighted by atomic mass is 16.5. The summed E-state index contributed by atoms with van der Waals surface area (Å²) in [6, 6.07) is 16.1. The molecule has 0 saturated heterocycles. The zero-order valence-electron chi connectivity index (χ0n) is 17.9. The van der Waals surface area contributed by atoms with Gasteiger partial charge < -0.3 is 15.0 Å². The van der Waals surface area contributed by atoms with E-state index in [1.807, 2.05) is 36.4 Å². The lowest BCUT2D eigenvalue weighted by atomic mass is 10.0. The Bertz CT molecular complexity index is 1690. The second-order valence-electron chi connectivity index (χ2n) is 8.07. The van der Waals surface area contributed by atoms with Crippen LogP contribution in [0, 0.1) is 0 Å². The Morgan fingerprint density at radius 1 is 0.882 bits per heavy atom. The summed E-state index contributed by atoms with van der Waals surface area (Å²) in [6.07, 6.45) is 5.15. The molecule has 7 rings (SSSR count). The minimum Gasteiger partial charge on any atom is -0.492 e. The third-order valence-electron chi connectivity index (χ3n) is 5.90. The lowest BCUT2D eigenvalue weighted by Crippen LogP contribution is -2.12. The largest absolute Gasteiger partial charge is 0.492 e. The summed E-state index contributed by atoms with van der Waals surface area (Å²) in [7, 11) is 0. The Balaban J connectivity index is 1.47. The third kappa shape index (κ3) is 3.06. The van der Waals surface area contributed by atoms with Gasteiger partial charge in [0.15, 0.2) is 5.82 Å². The van der Waals surface area contributed by atoms with E-state index in [9.17, 15) is 0 Å². The normalized spacial score (nSPS) is 12.9. The van der Waals surface area contributed by atoms with Crippen molar-refractivity contribution >= 4 is 27.8 Å². The number of fused-ring (bicyclic) bond motifs is 9. The van der Waals surface area contributed by atoms with Crippen molar-refractivity contribution in [3.8, 4) is 39.8 Å². The summed E-state index contributed by atoms with van der Waals surface area (Å²) in [5, 5.41) is 11.8. The van der Waals surface area contributed by atoms with Gasteiger partial charge in [-0.2, -0.15) is 5.10 Å². The standard InChI is InChI=1S/C25H18N8O/c1-3-14-9-15(4-1)34-8-7-27-22-13-26-11-21(29-22)19-10-17-20(12-28-19)32-33-24(17)25-30-18-6-2-5-16(14)23(18)31-25/h1-6,9-13H,7-8H2,(H,27,29)(H,30,31)(H,32,33). The van der Waals surface area contributed by atoms with E-state index in [2.05, 4.69) is 47.6 Å².